The van der Waals surface area contributed by atoms with Gasteiger partial charge >= 0.3 is 0 Å². The van der Waals surface area contributed by atoms with Gasteiger partial charge in [-0.2, -0.15) is 0 Å². The number of rotatable bonds is 17. The maximum Gasteiger partial charge on any atom is 0.257 e. The molecule has 0 aromatic carbocycles. The topological polar surface area (TPSA) is 36.9 Å². The average Bonchev–Trinajstić information content (AvgIpc) is 2.69. The predicted octanol–water partition coefficient (Wildman–Crippen LogP) is 9.30. The fourth-order valence-electron chi connectivity index (χ4n) is 5.52. The summed E-state index contributed by atoms with van der Waals surface area (Å²) in [7, 11) is -7.97. The molecule has 0 aromatic rings. The highest BCUT2D eigenvalue weighted by Crippen LogP contribution is 2.49. The molecular formula is C26H61IO4Si4. The molecule has 0 rings (SSSR count). The minimum absolute atomic E-state index is 0.0335. The molecule has 0 spiro atoms. The number of ether oxygens (including phenoxy) is 1. The van der Waals surface area contributed by atoms with Crippen molar-refractivity contribution in [2.75, 3.05) is 12.8 Å². The third-order valence-electron chi connectivity index (χ3n) is 8.19. The fourth-order valence-corrected chi connectivity index (χ4v) is 21.6. The standard InChI is InChI=1S/C26H61IO4Si4/c1-17-23(34(14,15)30-25(7,19-3)32(8,9)10)24(6,18-2)29-35(16,22-28-21-5)26(27,20-4)31-33(11,12)13/h23H,17-22H2,1-16H3. The third-order valence-corrected chi connectivity index (χ3v) is 25.4. The molecule has 0 aliphatic carbocycles. The summed E-state index contributed by atoms with van der Waals surface area (Å²) in [5.74, 6) is 0. The minimum atomic E-state index is -2.50. The molecule has 0 N–H and O–H groups in total. The van der Waals surface area contributed by atoms with Gasteiger partial charge in [0.2, 0.25) is 0 Å². The first-order valence-corrected chi connectivity index (χ1v) is 27.5. The summed E-state index contributed by atoms with van der Waals surface area (Å²) in [4.78, 5) is 0. The van der Waals surface area contributed by atoms with Crippen LogP contribution in [0.15, 0.2) is 0 Å². The Morgan fingerprint density at radius 3 is 1.54 bits per heavy atom. The summed E-state index contributed by atoms with van der Waals surface area (Å²) in [6.07, 6.45) is 4.65. The smallest absolute Gasteiger partial charge is 0.257 e. The Labute approximate surface area is 237 Å². The summed E-state index contributed by atoms with van der Waals surface area (Å²) >= 11 is 2.59. The van der Waals surface area contributed by atoms with Crippen LogP contribution in [0.3, 0.4) is 0 Å². The van der Waals surface area contributed by atoms with Gasteiger partial charge in [-0.3, -0.25) is 0 Å². The van der Waals surface area contributed by atoms with Crippen molar-refractivity contribution in [2.45, 2.75) is 153 Å². The molecular weight excluding hydrogens is 616 g/mol. The Morgan fingerprint density at radius 2 is 1.23 bits per heavy atom. The first-order chi connectivity index (χ1) is 15.6. The maximum absolute atomic E-state index is 7.52. The van der Waals surface area contributed by atoms with E-state index in [0.717, 1.165) is 25.7 Å². The second kappa shape index (κ2) is 13.2. The maximum atomic E-state index is 7.52. The Balaban J connectivity index is 6.58. The van der Waals surface area contributed by atoms with E-state index in [-0.39, 0.29) is 14.1 Å². The van der Waals surface area contributed by atoms with Gasteiger partial charge in [0, 0.05) is 17.4 Å². The Kier molecular flexibility index (Phi) is 13.7. The normalized spacial score (nSPS) is 21.5. The van der Waals surface area contributed by atoms with Crippen LogP contribution in [0.4, 0.5) is 0 Å². The van der Waals surface area contributed by atoms with Crippen molar-refractivity contribution < 1.29 is 18.0 Å². The molecule has 0 aliphatic rings. The van der Waals surface area contributed by atoms with E-state index in [0.29, 0.717) is 18.4 Å². The summed E-state index contributed by atoms with van der Waals surface area (Å²) in [6.45, 7) is 38.1. The lowest BCUT2D eigenvalue weighted by Gasteiger charge is -2.55. The molecule has 0 aromatic heterocycles. The molecule has 0 fully saturated rings. The number of hydrogen-bond acceptors (Lipinski definition) is 4. The van der Waals surface area contributed by atoms with Gasteiger partial charge in [0.25, 0.3) is 8.32 Å². The van der Waals surface area contributed by atoms with Crippen LogP contribution in [0, 0.1) is 0 Å². The molecule has 5 atom stereocenters. The molecule has 0 heterocycles. The van der Waals surface area contributed by atoms with Gasteiger partial charge in [-0.15, -0.1) is 0 Å². The van der Waals surface area contributed by atoms with E-state index < -0.39 is 33.0 Å². The van der Waals surface area contributed by atoms with Gasteiger partial charge < -0.3 is 18.0 Å². The minimum Gasteiger partial charge on any atom is -0.415 e. The molecule has 212 valence electrons. The largest absolute Gasteiger partial charge is 0.415 e. The molecule has 9 heteroatoms. The van der Waals surface area contributed by atoms with Crippen LogP contribution in [-0.4, -0.2) is 59.9 Å². The molecule has 0 amide bonds. The van der Waals surface area contributed by atoms with Gasteiger partial charge in [-0.05, 0) is 102 Å². The molecule has 35 heavy (non-hydrogen) atoms. The molecule has 0 aliphatic heterocycles. The molecule has 4 nitrogen and oxygen atoms in total. The van der Waals surface area contributed by atoms with Gasteiger partial charge in [-0.1, -0.05) is 53.8 Å². The highest BCUT2D eigenvalue weighted by atomic mass is 127. The van der Waals surface area contributed by atoms with E-state index in [1.54, 1.807) is 0 Å². The lowest BCUT2D eigenvalue weighted by molar-refractivity contribution is 0.0200. The van der Waals surface area contributed by atoms with Crippen molar-refractivity contribution in [3.05, 3.63) is 0 Å². The van der Waals surface area contributed by atoms with Crippen LogP contribution in [-0.2, 0) is 18.0 Å². The van der Waals surface area contributed by atoms with Crippen molar-refractivity contribution in [1.29, 1.82) is 0 Å². The average molecular weight is 677 g/mol. The number of halogens is 1. The Morgan fingerprint density at radius 1 is 0.714 bits per heavy atom. The van der Waals surface area contributed by atoms with Crippen molar-refractivity contribution in [3.8, 4) is 0 Å². The highest BCUT2D eigenvalue weighted by molar-refractivity contribution is 14.1. The third kappa shape index (κ3) is 9.25. The van der Waals surface area contributed by atoms with Gasteiger partial charge in [0.05, 0.1) is 19.9 Å². The zero-order chi connectivity index (χ0) is 28.1. The van der Waals surface area contributed by atoms with Gasteiger partial charge in [0.1, 0.15) is 3.23 Å². The first kappa shape index (κ1) is 36.4. The van der Waals surface area contributed by atoms with E-state index in [1.807, 2.05) is 0 Å². The molecule has 0 saturated heterocycles. The fraction of sp³-hybridized carbons (Fsp3) is 1.00. The summed E-state index contributed by atoms with van der Waals surface area (Å²) in [6, 6.07) is 0. The predicted molar refractivity (Wildman–Crippen MR) is 174 cm³/mol. The van der Waals surface area contributed by atoms with E-state index in [1.165, 1.54) is 0 Å². The van der Waals surface area contributed by atoms with Crippen LogP contribution in [0.2, 0.25) is 64.5 Å². The van der Waals surface area contributed by atoms with E-state index >= 15 is 0 Å². The Bertz CT molecular complexity index is 654. The lowest BCUT2D eigenvalue weighted by Crippen LogP contribution is -2.67. The highest BCUT2D eigenvalue weighted by Gasteiger charge is 2.58. The zero-order valence-corrected chi connectivity index (χ0v) is 32.5. The van der Waals surface area contributed by atoms with Crippen LogP contribution >= 0.6 is 22.6 Å². The lowest BCUT2D eigenvalue weighted by atomic mass is 9.97. The summed E-state index contributed by atoms with van der Waals surface area (Å²) < 4.78 is 27.6. The number of alkyl halides is 1. The van der Waals surface area contributed by atoms with Crippen molar-refractivity contribution >= 4 is 55.6 Å². The quantitative estimate of drug-likeness (QED) is 0.0875. The van der Waals surface area contributed by atoms with Crippen molar-refractivity contribution in [3.63, 3.8) is 0 Å². The summed E-state index contributed by atoms with van der Waals surface area (Å²) in [5.41, 5.74) is 0.0884. The molecule has 0 saturated carbocycles. The Hall–Kier alpha value is 1.44. The van der Waals surface area contributed by atoms with Crippen LogP contribution < -0.4 is 0 Å². The van der Waals surface area contributed by atoms with Crippen molar-refractivity contribution in [2.24, 2.45) is 0 Å². The summed E-state index contributed by atoms with van der Waals surface area (Å²) in [5, 5.41) is -0.0335. The van der Waals surface area contributed by atoms with Gasteiger partial charge in [-0.25, -0.2) is 0 Å². The van der Waals surface area contributed by atoms with Crippen LogP contribution in [0.5, 0.6) is 0 Å². The van der Waals surface area contributed by atoms with Gasteiger partial charge in [0.15, 0.2) is 16.6 Å². The molecule has 5 unspecified atom stereocenters. The van der Waals surface area contributed by atoms with Crippen LogP contribution in [0.25, 0.3) is 0 Å². The zero-order valence-electron chi connectivity index (χ0n) is 26.3. The van der Waals surface area contributed by atoms with Crippen molar-refractivity contribution in [1.82, 2.24) is 0 Å². The van der Waals surface area contributed by atoms with E-state index in [4.69, 9.17) is 18.0 Å². The van der Waals surface area contributed by atoms with Crippen LogP contribution in [0.1, 0.15) is 74.1 Å². The van der Waals surface area contributed by atoms with E-state index in [2.05, 4.69) is 130 Å². The molecule has 0 radical (unpaired) electrons. The second-order valence-electron chi connectivity index (χ2n) is 13.4. The molecule has 0 bridgehead atoms. The monoisotopic (exact) mass is 676 g/mol. The SMILES string of the molecule is CCOC[Si](C)(OC(C)(CC)C(CC)[Si](C)(C)OC(C)(CC)[Si](C)(C)C)C(I)(CC)O[Si](C)(C)C. The van der Waals surface area contributed by atoms with E-state index in [9.17, 15) is 0 Å². The second-order valence-corrected chi connectivity index (χ2v) is 34.1. The first-order valence-electron chi connectivity index (χ1n) is 13.9. The number of hydrogen-bond donors (Lipinski definition) is 0.